The Kier molecular flexibility index (Phi) is 6.10. The number of nitrogens with one attached hydrogen (secondary N) is 1. The molecule has 1 aromatic carbocycles. The Labute approximate surface area is 180 Å². The van der Waals surface area contributed by atoms with Crippen LogP contribution in [0.4, 0.5) is 10.8 Å². The largest absolute Gasteiger partial charge is 0.373 e. The topological polar surface area (TPSA) is 91.8 Å². The van der Waals surface area contributed by atoms with Crippen LogP contribution in [0.2, 0.25) is 0 Å². The third-order valence-electron chi connectivity index (χ3n) is 5.17. The van der Waals surface area contributed by atoms with Gasteiger partial charge in [0.25, 0.3) is 5.91 Å². The maximum Gasteiger partial charge on any atom is 0.257 e. The number of hydrogen-bond donors (Lipinski definition) is 1. The molecule has 1 N–H and O–H groups in total. The van der Waals surface area contributed by atoms with Crippen LogP contribution in [-0.4, -0.2) is 61.8 Å². The molecule has 162 valence electrons. The van der Waals surface area contributed by atoms with Gasteiger partial charge < -0.3 is 4.74 Å². The number of carbonyl (C=O) groups is 1. The van der Waals surface area contributed by atoms with Crippen LogP contribution in [0.25, 0.3) is 0 Å². The summed E-state index contributed by atoms with van der Waals surface area (Å²) in [5, 5.41) is 5.34. The molecule has 4 rings (SSSR count). The Hall–Kier alpha value is -2.01. The third kappa shape index (κ3) is 4.83. The number of rotatable bonds is 5. The van der Waals surface area contributed by atoms with Crippen LogP contribution in [0.1, 0.15) is 36.3 Å². The van der Waals surface area contributed by atoms with Crippen molar-refractivity contribution < 1.29 is 17.9 Å². The zero-order chi connectivity index (χ0) is 21.3. The van der Waals surface area contributed by atoms with Crippen LogP contribution in [-0.2, 0) is 21.3 Å². The minimum absolute atomic E-state index is 0.171. The van der Waals surface area contributed by atoms with Crippen LogP contribution in [0.15, 0.2) is 29.6 Å². The number of morpholine rings is 1. The van der Waals surface area contributed by atoms with Gasteiger partial charge in [-0.25, -0.2) is 13.4 Å². The predicted molar refractivity (Wildman–Crippen MR) is 118 cm³/mol. The van der Waals surface area contributed by atoms with E-state index in [2.05, 4.69) is 29.0 Å². The van der Waals surface area contributed by atoms with Crippen molar-refractivity contribution in [1.82, 2.24) is 9.88 Å². The molecule has 2 aliphatic rings. The molecule has 3 heterocycles. The Balaban J connectivity index is 1.36. The van der Waals surface area contributed by atoms with Gasteiger partial charge in [0, 0.05) is 37.1 Å². The molecule has 2 aromatic rings. The number of thiazole rings is 1. The second-order valence-corrected chi connectivity index (χ2v) is 10.7. The zero-order valence-corrected chi connectivity index (χ0v) is 18.7. The molecule has 2 aliphatic heterocycles. The van der Waals surface area contributed by atoms with Crippen molar-refractivity contribution in [2.45, 2.75) is 39.0 Å². The summed E-state index contributed by atoms with van der Waals surface area (Å²) in [6.07, 6.45) is 1.02. The number of sulfonamides is 1. The Morgan fingerprint density at radius 3 is 2.57 bits per heavy atom. The molecule has 2 saturated heterocycles. The van der Waals surface area contributed by atoms with Crippen molar-refractivity contribution >= 4 is 38.1 Å². The van der Waals surface area contributed by atoms with E-state index >= 15 is 0 Å². The summed E-state index contributed by atoms with van der Waals surface area (Å²) in [5.74, 6) is -0.0930. The minimum atomic E-state index is -3.23. The lowest BCUT2D eigenvalue weighted by atomic mass is 10.2. The minimum Gasteiger partial charge on any atom is -0.373 e. The fourth-order valence-electron chi connectivity index (χ4n) is 3.96. The summed E-state index contributed by atoms with van der Waals surface area (Å²) in [6, 6.07) is 6.63. The molecule has 0 radical (unpaired) electrons. The molecule has 8 nitrogen and oxygen atoms in total. The highest BCUT2D eigenvalue weighted by Crippen LogP contribution is 2.25. The molecule has 2 unspecified atom stereocenters. The summed E-state index contributed by atoms with van der Waals surface area (Å²) >= 11 is 1.40. The van der Waals surface area contributed by atoms with Crippen molar-refractivity contribution in [1.29, 1.82) is 0 Å². The van der Waals surface area contributed by atoms with E-state index in [1.165, 1.54) is 15.6 Å². The first-order valence-corrected chi connectivity index (χ1v) is 12.5. The van der Waals surface area contributed by atoms with Gasteiger partial charge in [-0.3, -0.25) is 19.3 Å². The molecule has 1 aromatic heterocycles. The monoisotopic (exact) mass is 450 g/mol. The number of amides is 1. The molecular weight excluding hydrogens is 424 g/mol. The molecule has 1 amide bonds. The molecule has 10 heteroatoms. The number of aromatic nitrogens is 1. The molecule has 30 heavy (non-hydrogen) atoms. The second-order valence-electron chi connectivity index (χ2n) is 7.84. The Bertz CT molecular complexity index is 996. The summed E-state index contributed by atoms with van der Waals surface area (Å²) in [7, 11) is -3.23. The highest BCUT2D eigenvalue weighted by molar-refractivity contribution is 7.93. The van der Waals surface area contributed by atoms with Crippen molar-refractivity contribution in [3.05, 3.63) is 40.9 Å². The second kappa shape index (κ2) is 8.62. The molecule has 0 bridgehead atoms. The van der Waals surface area contributed by atoms with Crippen LogP contribution >= 0.6 is 11.3 Å². The highest BCUT2D eigenvalue weighted by Gasteiger charge is 2.28. The van der Waals surface area contributed by atoms with Gasteiger partial charge in [-0.1, -0.05) is 0 Å². The lowest BCUT2D eigenvalue weighted by Gasteiger charge is -2.34. The van der Waals surface area contributed by atoms with E-state index in [0.29, 0.717) is 29.3 Å². The SMILES string of the molecule is CC1CN(Cc2csc(NC(=O)c3ccc(N4CCCS4(=O)=O)cc3)n2)CC(C)O1. The summed E-state index contributed by atoms with van der Waals surface area (Å²) in [5.41, 5.74) is 1.98. The predicted octanol–water partition coefficient (Wildman–Crippen LogP) is 2.54. The molecule has 0 aliphatic carbocycles. The highest BCUT2D eigenvalue weighted by atomic mass is 32.2. The van der Waals surface area contributed by atoms with Gasteiger partial charge in [-0.2, -0.15) is 0 Å². The average Bonchev–Trinajstić information content (AvgIpc) is 3.26. The molecule has 0 spiro atoms. The third-order valence-corrected chi connectivity index (χ3v) is 7.85. The quantitative estimate of drug-likeness (QED) is 0.753. The first-order chi connectivity index (χ1) is 14.3. The van der Waals surface area contributed by atoms with Gasteiger partial charge in [-0.15, -0.1) is 11.3 Å². The fourth-order valence-corrected chi connectivity index (χ4v) is 6.22. The van der Waals surface area contributed by atoms with Gasteiger partial charge in [0.2, 0.25) is 10.0 Å². The maximum absolute atomic E-state index is 12.6. The van der Waals surface area contributed by atoms with E-state index in [-0.39, 0.29) is 23.9 Å². The lowest BCUT2D eigenvalue weighted by molar-refractivity contribution is -0.0707. The maximum atomic E-state index is 12.6. The number of carbonyl (C=O) groups excluding carboxylic acids is 1. The van der Waals surface area contributed by atoms with Crippen LogP contribution in [0.5, 0.6) is 0 Å². The van der Waals surface area contributed by atoms with E-state index in [1.807, 2.05) is 5.38 Å². The Morgan fingerprint density at radius 2 is 1.93 bits per heavy atom. The standard InChI is InChI=1S/C20H26N4O4S2/c1-14-10-23(11-15(2)28-14)12-17-13-29-20(21-17)22-19(25)16-4-6-18(7-5-16)24-8-3-9-30(24,26)27/h4-7,13-15H,3,8-12H2,1-2H3,(H,21,22,25). The van der Waals surface area contributed by atoms with E-state index in [4.69, 9.17) is 4.74 Å². The lowest BCUT2D eigenvalue weighted by Crippen LogP contribution is -2.44. The van der Waals surface area contributed by atoms with E-state index in [0.717, 1.165) is 25.3 Å². The van der Waals surface area contributed by atoms with Gasteiger partial charge in [0.15, 0.2) is 5.13 Å². The van der Waals surface area contributed by atoms with Gasteiger partial charge >= 0.3 is 0 Å². The molecule has 0 saturated carbocycles. The average molecular weight is 451 g/mol. The van der Waals surface area contributed by atoms with Crippen molar-refractivity contribution in [3.8, 4) is 0 Å². The summed E-state index contributed by atoms with van der Waals surface area (Å²) < 4.78 is 31.2. The van der Waals surface area contributed by atoms with Gasteiger partial charge in [0.05, 0.1) is 29.3 Å². The number of anilines is 2. The number of ether oxygens (including phenoxy) is 1. The van der Waals surface area contributed by atoms with Gasteiger partial charge in [0.1, 0.15) is 0 Å². The normalized spacial score (nSPS) is 24.1. The smallest absolute Gasteiger partial charge is 0.257 e. The van der Waals surface area contributed by atoms with Crippen LogP contribution < -0.4 is 9.62 Å². The van der Waals surface area contributed by atoms with Gasteiger partial charge in [-0.05, 0) is 44.5 Å². The van der Waals surface area contributed by atoms with Crippen molar-refractivity contribution in [2.75, 3.05) is 35.0 Å². The first kappa shape index (κ1) is 21.2. The molecular formula is C20H26N4O4S2. The number of nitrogens with zero attached hydrogens (tertiary/aromatic N) is 3. The van der Waals surface area contributed by atoms with E-state index in [1.54, 1.807) is 24.3 Å². The summed E-state index contributed by atoms with van der Waals surface area (Å²) in [4.78, 5) is 19.4. The van der Waals surface area contributed by atoms with E-state index < -0.39 is 10.0 Å². The zero-order valence-electron chi connectivity index (χ0n) is 17.1. The number of hydrogen-bond acceptors (Lipinski definition) is 7. The van der Waals surface area contributed by atoms with E-state index in [9.17, 15) is 13.2 Å². The number of benzene rings is 1. The molecule has 2 fully saturated rings. The fraction of sp³-hybridized carbons (Fsp3) is 0.500. The van der Waals surface area contributed by atoms with Crippen LogP contribution in [0.3, 0.4) is 0 Å². The molecule has 2 atom stereocenters. The first-order valence-electron chi connectivity index (χ1n) is 10.0. The summed E-state index contributed by atoms with van der Waals surface area (Å²) in [6.45, 7) is 7.07. The van der Waals surface area contributed by atoms with Crippen molar-refractivity contribution in [3.63, 3.8) is 0 Å². The van der Waals surface area contributed by atoms with Crippen LogP contribution in [0, 0.1) is 0 Å². The van der Waals surface area contributed by atoms with Crippen molar-refractivity contribution in [2.24, 2.45) is 0 Å². The Morgan fingerprint density at radius 1 is 1.23 bits per heavy atom.